The van der Waals surface area contributed by atoms with E-state index in [1.165, 1.54) is 24.3 Å². The minimum atomic E-state index is -1.05. The first-order chi connectivity index (χ1) is 13.1. The van der Waals surface area contributed by atoms with Gasteiger partial charge in [0.05, 0.1) is 13.2 Å². The van der Waals surface area contributed by atoms with Crippen molar-refractivity contribution < 1.29 is 28.2 Å². The molecule has 1 fully saturated rings. The highest BCUT2D eigenvalue weighted by Crippen LogP contribution is 2.21. The van der Waals surface area contributed by atoms with E-state index >= 15 is 0 Å². The van der Waals surface area contributed by atoms with Gasteiger partial charge < -0.3 is 19.1 Å². The van der Waals surface area contributed by atoms with Crippen LogP contribution in [0.15, 0.2) is 54.6 Å². The molecule has 142 valence electrons. The summed E-state index contributed by atoms with van der Waals surface area (Å²) in [6, 6.07) is 14.1. The van der Waals surface area contributed by atoms with Crippen molar-refractivity contribution >= 4 is 11.9 Å². The first kappa shape index (κ1) is 18.8. The van der Waals surface area contributed by atoms with Gasteiger partial charge in [0.15, 0.2) is 6.61 Å². The van der Waals surface area contributed by atoms with Gasteiger partial charge in [0, 0.05) is 18.7 Å². The Morgan fingerprint density at radius 3 is 2.37 bits per heavy atom. The number of hydrogen-bond acceptors (Lipinski definition) is 5. The number of amides is 1. The standard InChI is InChI=1S/C20H20FNO5/c21-16-6-8-17(9-7-16)26-14-18(23)27-19(15-4-2-1-3-5-15)20(24)22-10-12-25-13-11-22/h1-9,19H,10-14H2/t19-/m1/s1. The topological polar surface area (TPSA) is 65.1 Å². The second kappa shape index (κ2) is 9.14. The second-order valence-corrected chi connectivity index (χ2v) is 5.96. The molecule has 0 aromatic heterocycles. The Balaban J connectivity index is 1.66. The Kier molecular flexibility index (Phi) is 6.38. The normalized spacial score (nSPS) is 15.1. The van der Waals surface area contributed by atoms with Gasteiger partial charge in [0.2, 0.25) is 6.10 Å². The van der Waals surface area contributed by atoms with E-state index < -0.39 is 17.9 Å². The van der Waals surface area contributed by atoms with Gasteiger partial charge in [-0.15, -0.1) is 0 Å². The number of hydrogen-bond donors (Lipinski definition) is 0. The fourth-order valence-corrected chi connectivity index (χ4v) is 2.68. The van der Waals surface area contributed by atoms with Crippen molar-refractivity contribution in [1.29, 1.82) is 0 Å². The lowest BCUT2D eigenvalue weighted by atomic mass is 10.1. The highest BCUT2D eigenvalue weighted by atomic mass is 19.1. The Morgan fingerprint density at radius 2 is 1.70 bits per heavy atom. The summed E-state index contributed by atoms with van der Waals surface area (Å²) in [4.78, 5) is 26.7. The first-order valence-corrected chi connectivity index (χ1v) is 8.63. The molecular formula is C20H20FNO5. The van der Waals surface area contributed by atoms with E-state index in [1.807, 2.05) is 6.07 Å². The fourth-order valence-electron chi connectivity index (χ4n) is 2.68. The van der Waals surface area contributed by atoms with Crippen LogP contribution in [0.1, 0.15) is 11.7 Å². The molecule has 1 heterocycles. The molecule has 0 unspecified atom stereocenters. The predicted octanol–water partition coefficient (Wildman–Crippen LogP) is 2.35. The summed E-state index contributed by atoms with van der Waals surface area (Å²) in [5.74, 6) is -1.04. The van der Waals surface area contributed by atoms with Gasteiger partial charge >= 0.3 is 5.97 Å². The fraction of sp³-hybridized carbons (Fsp3) is 0.300. The van der Waals surface area contributed by atoms with E-state index in [4.69, 9.17) is 14.2 Å². The Hall–Kier alpha value is -2.93. The van der Waals surface area contributed by atoms with Crippen molar-refractivity contribution in [3.8, 4) is 5.75 Å². The molecule has 27 heavy (non-hydrogen) atoms. The molecule has 6 nitrogen and oxygen atoms in total. The Morgan fingerprint density at radius 1 is 1.04 bits per heavy atom. The molecule has 0 saturated carbocycles. The van der Waals surface area contributed by atoms with Crippen LogP contribution in [0.2, 0.25) is 0 Å². The lowest BCUT2D eigenvalue weighted by Gasteiger charge is -2.30. The van der Waals surface area contributed by atoms with Crippen molar-refractivity contribution in [2.24, 2.45) is 0 Å². The number of nitrogens with zero attached hydrogens (tertiary/aromatic N) is 1. The van der Waals surface area contributed by atoms with Gasteiger partial charge in [-0.3, -0.25) is 4.79 Å². The van der Waals surface area contributed by atoms with E-state index in [0.29, 0.717) is 37.6 Å². The molecule has 2 aromatic carbocycles. The van der Waals surface area contributed by atoms with E-state index in [-0.39, 0.29) is 12.5 Å². The lowest BCUT2D eigenvalue weighted by molar-refractivity contribution is -0.164. The van der Waals surface area contributed by atoms with Crippen molar-refractivity contribution in [3.05, 3.63) is 66.0 Å². The zero-order chi connectivity index (χ0) is 19.1. The van der Waals surface area contributed by atoms with E-state index in [9.17, 15) is 14.0 Å². The number of esters is 1. The Bertz CT molecular complexity index is 760. The molecule has 1 atom stereocenters. The molecule has 1 amide bonds. The third kappa shape index (κ3) is 5.27. The number of morpholine rings is 1. The van der Waals surface area contributed by atoms with Gasteiger partial charge in [0.25, 0.3) is 5.91 Å². The summed E-state index contributed by atoms with van der Waals surface area (Å²) in [5, 5.41) is 0. The summed E-state index contributed by atoms with van der Waals surface area (Å²) in [7, 11) is 0. The number of halogens is 1. The predicted molar refractivity (Wildman–Crippen MR) is 94.6 cm³/mol. The third-order valence-corrected chi connectivity index (χ3v) is 4.07. The average Bonchev–Trinajstić information content (AvgIpc) is 2.72. The van der Waals surface area contributed by atoms with Gasteiger partial charge in [-0.25, -0.2) is 9.18 Å². The van der Waals surface area contributed by atoms with Crippen molar-refractivity contribution in [3.63, 3.8) is 0 Å². The lowest BCUT2D eigenvalue weighted by Crippen LogP contribution is -2.44. The van der Waals surface area contributed by atoms with E-state index in [1.54, 1.807) is 29.2 Å². The molecule has 1 saturated heterocycles. The smallest absolute Gasteiger partial charge is 0.345 e. The zero-order valence-electron chi connectivity index (χ0n) is 14.7. The summed E-state index contributed by atoms with van der Waals surface area (Å²) < 4.78 is 28.9. The van der Waals surface area contributed by atoms with Gasteiger partial charge in [-0.2, -0.15) is 0 Å². The molecule has 1 aliphatic rings. The number of carbonyl (C=O) groups is 2. The van der Waals surface area contributed by atoms with Crippen LogP contribution in [-0.2, 0) is 19.1 Å². The van der Waals surface area contributed by atoms with Crippen LogP contribution in [0.3, 0.4) is 0 Å². The van der Waals surface area contributed by atoms with Crippen molar-refractivity contribution in [1.82, 2.24) is 4.90 Å². The highest BCUT2D eigenvalue weighted by Gasteiger charge is 2.30. The minimum Gasteiger partial charge on any atom is -0.482 e. The molecule has 7 heteroatoms. The molecule has 0 spiro atoms. The molecular weight excluding hydrogens is 353 g/mol. The first-order valence-electron chi connectivity index (χ1n) is 8.63. The van der Waals surface area contributed by atoms with Crippen LogP contribution >= 0.6 is 0 Å². The number of carbonyl (C=O) groups excluding carboxylic acids is 2. The summed E-state index contributed by atoms with van der Waals surface area (Å²) in [5.41, 5.74) is 0.587. The maximum absolute atomic E-state index is 12.9. The molecule has 2 aromatic rings. The Labute approximate surface area is 156 Å². The van der Waals surface area contributed by atoms with Crippen LogP contribution in [0, 0.1) is 5.82 Å². The SMILES string of the molecule is O=C(COc1ccc(F)cc1)O[C@@H](C(=O)N1CCOCC1)c1ccccc1. The number of benzene rings is 2. The quantitative estimate of drug-likeness (QED) is 0.728. The summed E-state index contributed by atoms with van der Waals surface area (Å²) in [6.45, 7) is 1.42. The largest absolute Gasteiger partial charge is 0.482 e. The minimum absolute atomic E-state index is 0.292. The van der Waals surface area contributed by atoms with Gasteiger partial charge in [0.1, 0.15) is 11.6 Å². The molecule has 0 N–H and O–H groups in total. The monoisotopic (exact) mass is 373 g/mol. The van der Waals surface area contributed by atoms with E-state index in [0.717, 1.165) is 0 Å². The molecule has 0 bridgehead atoms. The number of ether oxygens (including phenoxy) is 3. The van der Waals surface area contributed by atoms with Crippen LogP contribution in [0.4, 0.5) is 4.39 Å². The summed E-state index contributed by atoms with van der Waals surface area (Å²) in [6.07, 6.45) is -1.05. The highest BCUT2D eigenvalue weighted by molar-refractivity contribution is 5.85. The van der Waals surface area contributed by atoms with Crippen LogP contribution < -0.4 is 4.74 Å². The van der Waals surface area contributed by atoms with E-state index in [2.05, 4.69) is 0 Å². The molecule has 0 radical (unpaired) electrons. The van der Waals surface area contributed by atoms with Gasteiger partial charge in [-0.1, -0.05) is 30.3 Å². The van der Waals surface area contributed by atoms with Crippen LogP contribution in [0.25, 0.3) is 0 Å². The maximum atomic E-state index is 12.9. The average molecular weight is 373 g/mol. The van der Waals surface area contributed by atoms with Crippen molar-refractivity contribution in [2.75, 3.05) is 32.9 Å². The van der Waals surface area contributed by atoms with Crippen LogP contribution in [-0.4, -0.2) is 49.7 Å². The molecule has 1 aliphatic heterocycles. The molecule has 0 aliphatic carbocycles. The van der Waals surface area contributed by atoms with Crippen molar-refractivity contribution in [2.45, 2.75) is 6.10 Å². The second-order valence-electron chi connectivity index (χ2n) is 5.96. The van der Waals surface area contributed by atoms with Gasteiger partial charge in [-0.05, 0) is 24.3 Å². The summed E-state index contributed by atoms with van der Waals surface area (Å²) >= 11 is 0. The zero-order valence-corrected chi connectivity index (χ0v) is 14.7. The van der Waals surface area contributed by atoms with Crippen LogP contribution in [0.5, 0.6) is 5.75 Å². The molecule has 3 rings (SSSR count). The number of rotatable bonds is 6. The maximum Gasteiger partial charge on any atom is 0.345 e. The third-order valence-electron chi connectivity index (χ3n) is 4.07.